The third kappa shape index (κ3) is 4.78. The molecule has 6 heteroatoms. The molecule has 2 rings (SSSR count). The van der Waals surface area contributed by atoms with Gasteiger partial charge < -0.3 is 9.05 Å². The first-order chi connectivity index (χ1) is 11.5. The Morgan fingerprint density at radius 1 is 1.04 bits per heavy atom. The minimum Gasteiger partial charge on any atom is -0.305 e. The minimum atomic E-state index is -3.46. The number of benzene rings is 2. The zero-order chi connectivity index (χ0) is 17.6. The summed E-state index contributed by atoms with van der Waals surface area (Å²) in [5, 5.41) is 0.862. The Kier molecular flexibility index (Phi) is 6.76. The Morgan fingerprint density at radius 3 is 2.25 bits per heavy atom. The zero-order valence-corrected chi connectivity index (χ0v) is 15.2. The van der Waals surface area contributed by atoms with E-state index in [-0.39, 0.29) is 19.0 Å². The third-order valence-electron chi connectivity index (χ3n) is 3.21. The summed E-state index contributed by atoms with van der Waals surface area (Å²) in [6.07, 6.45) is 3.58. The van der Waals surface area contributed by atoms with E-state index in [4.69, 9.17) is 20.6 Å². The quantitative estimate of drug-likeness (QED) is 0.475. The predicted molar refractivity (Wildman–Crippen MR) is 97.3 cm³/mol. The van der Waals surface area contributed by atoms with Gasteiger partial charge in [0.2, 0.25) is 0 Å². The fourth-order valence-electron chi connectivity index (χ4n) is 2.17. The standard InChI is InChI=1S/C18H19ClFO3P/c1-3-22-24(21,23-4-2)18-13-16(19)10-9-15(18)8-5-14-6-11-17(20)12-7-14/h5-13H,3-4H2,1-2H3/b8-5+. The van der Waals surface area contributed by atoms with Crippen molar-refractivity contribution >= 4 is 36.7 Å². The van der Waals surface area contributed by atoms with Crippen molar-refractivity contribution in [1.29, 1.82) is 0 Å². The van der Waals surface area contributed by atoms with Crippen LogP contribution in [0.1, 0.15) is 25.0 Å². The summed E-state index contributed by atoms with van der Waals surface area (Å²) < 4.78 is 36.9. The average molecular weight is 369 g/mol. The molecule has 2 aromatic rings. The Hall–Kier alpha value is -1.45. The molecule has 0 saturated heterocycles. The molecule has 0 radical (unpaired) electrons. The minimum absolute atomic E-state index is 0.255. The highest BCUT2D eigenvalue weighted by molar-refractivity contribution is 7.62. The van der Waals surface area contributed by atoms with Gasteiger partial charge in [-0.2, -0.15) is 0 Å². The van der Waals surface area contributed by atoms with Crippen molar-refractivity contribution < 1.29 is 18.0 Å². The fourth-order valence-corrected chi connectivity index (χ4v) is 4.21. The van der Waals surface area contributed by atoms with Gasteiger partial charge in [-0.15, -0.1) is 0 Å². The molecular weight excluding hydrogens is 350 g/mol. The van der Waals surface area contributed by atoms with Gasteiger partial charge in [-0.25, -0.2) is 4.39 Å². The van der Waals surface area contributed by atoms with Crippen LogP contribution in [0.5, 0.6) is 0 Å². The van der Waals surface area contributed by atoms with Crippen LogP contribution in [0, 0.1) is 5.82 Å². The highest BCUT2D eigenvalue weighted by Gasteiger charge is 2.29. The Bertz CT molecular complexity index is 749. The third-order valence-corrected chi connectivity index (χ3v) is 5.62. The Labute approximate surface area is 146 Å². The summed E-state index contributed by atoms with van der Waals surface area (Å²) in [4.78, 5) is 0. The second-order valence-corrected chi connectivity index (χ2v) is 7.35. The molecule has 128 valence electrons. The van der Waals surface area contributed by atoms with Crippen molar-refractivity contribution in [3.05, 3.63) is 64.4 Å². The highest BCUT2D eigenvalue weighted by Crippen LogP contribution is 2.48. The van der Waals surface area contributed by atoms with E-state index in [1.165, 1.54) is 12.1 Å². The smallest absolute Gasteiger partial charge is 0.305 e. The topological polar surface area (TPSA) is 35.5 Å². The molecule has 0 bridgehead atoms. The summed E-state index contributed by atoms with van der Waals surface area (Å²) in [6, 6.07) is 11.1. The van der Waals surface area contributed by atoms with Crippen molar-refractivity contribution in [3.8, 4) is 0 Å². The van der Waals surface area contributed by atoms with E-state index < -0.39 is 7.60 Å². The van der Waals surface area contributed by atoms with Crippen molar-refractivity contribution in [1.82, 2.24) is 0 Å². The Balaban J connectivity index is 2.43. The van der Waals surface area contributed by atoms with E-state index in [1.807, 2.05) is 0 Å². The summed E-state index contributed by atoms with van der Waals surface area (Å²) >= 11 is 6.06. The van der Waals surface area contributed by atoms with Gasteiger partial charge in [-0.05, 0) is 49.2 Å². The molecule has 0 aliphatic heterocycles. The van der Waals surface area contributed by atoms with Crippen LogP contribution in [-0.2, 0) is 13.6 Å². The first-order valence-electron chi connectivity index (χ1n) is 7.61. The van der Waals surface area contributed by atoms with Gasteiger partial charge in [0.1, 0.15) is 5.82 Å². The van der Waals surface area contributed by atoms with E-state index in [0.717, 1.165) is 5.56 Å². The molecule has 0 saturated carbocycles. The van der Waals surface area contributed by atoms with Crippen LogP contribution in [0.25, 0.3) is 12.2 Å². The monoisotopic (exact) mass is 368 g/mol. The summed E-state index contributed by atoms with van der Waals surface area (Å²) in [5.41, 5.74) is 1.49. The molecule has 0 aromatic heterocycles. The van der Waals surface area contributed by atoms with Crippen molar-refractivity contribution in [2.45, 2.75) is 13.8 Å². The number of hydrogen-bond acceptors (Lipinski definition) is 3. The van der Waals surface area contributed by atoms with E-state index in [1.54, 1.807) is 56.3 Å². The highest BCUT2D eigenvalue weighted by atomic mass is 35.5. The first kappa shape index (κ1) is 18.9. The fraction of sp³-hybridized carbons (Fsp3) is 0.222. The van der Waals surface area contributed by atoms with Gasteiger partial charge in [0.25, 0.3) is 0 Å². The molecule has 0 N–H and O–H groups in total. The van der Waals surface area contributed by atoms with Gasteiger partial charge in [-0.3, -0.25) is 4.57 Å². The molecule has 3 nitrogen and oxygen atoms in total. The van der Waals surface area contributed by atoms with Crippen LogP contribution < -0.4 is 5.30 Å². The van der Waals surface area contributed by atoms with Crippen LogP contribution in [0.15, 0.2) is 42.5 Å². The maximum absolute atomic E-state index is 13.1. The maximum atomic E-state index is 13.1. The van der Waals surface area contributed by atoms with Gasteiger partial charge in [-0.1, -0.05) is 42.0 Å². The largest absolute Gasteiger partial charge is 0.361 e. The predicted octanol–water partition coefficient (Wildman–Crippen LogP) is 5.54. The second-order valence-electron chi connectivity index (χ2n) is 4.92. The Morgan fingerprint density at radius 2 is 1.67 bits per heavy atom. The molecule has 0 heterocycles. The van der Waals surface area contributed by atoms with Gasteiger partial charge in [0.15, 0.2) is 0 Å². The number of rotatable bonds is 7. The van der Waals surface area contributed by atoms with Crippen molar-refractivity contribution in [3.63, 3.8) is 0 Å². The number of halogens is 2. The van der Waals surface area contributed by atoms with E-state index in [0.29, 0.717) is 15.9 Å². The molecule has 0 aliphatic carbocycles. The van der Waals surface area contributed by atoms with Crippen LogP contribution in [0.2, 0.25) is 5.02 Å². The molecule has 0 atom stereocenters. The molecule has 0 unspecified atom stereocenters. The van der Waals surface area contributed by atoms with Gasteiger partial charge in [0, 0.05) is 5.02 Å². The summed E-state index contributed by atoms with van der Waals surface area (Å²) in [5.74, 6) is -0.295. The second kappa shape index (κ2) is 8.59. The SMILES string of the molecule is CCOP(=O)(OCC)c1cc(Cl)ccc1/C=C/c1ccc(F)cc1. The molecular formula is C18H19ClFO3P. The molecule has 2 aromatic carbocycles. The van der Waals surface area contributed by atoms with Crippen LogP contribution in [-0.4, -0.2) is 13.2 Å². The summed E-state index contributed by atoms with van der Waals surface area (Å²) in [7, 11) is -3.46. The molecule has 0 spiro atoms. The van der Waals surface area contributed by atoms with Crippen LogP contribution >= 0.6 is 19.2 Å². The van der Waals surface area contributed by atoms with E-state index >= 15 is 0 Å². The lowest BCUT2D eigenvalue weighted by Gasteiger charge is -2.19. The average Bonchev–Trinajstić information content (AvgIpc) is 2.55. The van der Waals surface area contributed by atoms with Crippen LogP contribution in [0.4, 0.5) is 4.39 Å². The molecule has 0 aliphatic rings. The van der Waals surface area contributed by atoms with Gasteiger partial charge >= 0.3 is 7.60 Å². The zero-order valence-electron chi connectivity index (χ0n) is 13.5. The van der Waals surface area contributed by atoms with E-state index in [9.17, 15) is 8.96 Å². The van der Waals surface area contributed by atoms with Crippen molar-refractivity contribution in [2.75, 3.05) is 13.2 Å². The molecule has 0 amide bonds. The van der Waals surface area contributed by atoms with E-state index in [2.05, 4.69) is 0 Å². The lowest BCUT2D eigenvalue weighted by Crippen LogP contribution is -2.14. The van der Waals surface area contributed by atoms with Crippen molar-refractivity contribution in [2.24, 2.45) is 0 Å². The number of hydrogen-bond donors (Lipinski definition) is 0. The maximum Gasteiger partial charge on any atom is 0.361 e. The molecule has 24 heavy (non-hydrogen) atoms. The lowest BCUT2D eigenvalue weighted by atomic mass is 10.1. The normalized spacial score (nSPS) is 12.0. The summed E-state index contributed by atoms with van der Waals surface area (Å²) in [6.45, 7) is 4.02. The molecule has 0 fully saturated rings. The first-order valence-corrected chi connectivity index (χ1v) is 9.53. The van der Waals surface area contributed by atoms with Crippen LogP contribution in [0.3, 0.4) is 0 Å². The van der Waals surface area contributed by atoms with Gasteiger partial charge in [0.05, 0.1) is 18.5 Å². The lowest BCUT2D eigenvalue weighted by molar-refractivity contribution is 0.230.